The van der Waals surface area contributed by atoms with E-state index in [1.165, 1.54) is 0 Å². The second-order valence-electron chi connectivity index (χ2n) is 4.48. The highest BCUT2D eigenvalue weighted by Crippen LogP contribution is 2.29. The molecule has 1 heterocycles. The fourth-order valence-corrected chi connectivity index (χ4v) is 2.03. The molecule has 3 nitrogen and oxygen atoms in total. The minimum atomic E-state index is 0.427. The molecule has 17 heavy (non-hydrogen) atoms. The lowest BCUT2D eigenvalue weighted by Gasteiger charge is -2.05. The molecule has 0 saturated heterocycles. The van der Waals surface area contributed by atoms with Crippen LogP contribution in [0.1, 0.15) is 19.4 Å². The van der Waals surface area contributed by atoms with Gasteiger partial charge < -0.3 is 10.3 Å². The topological polar surface area (TPSA) is 52.0 Å². The van der Waals surface area contributed by atoms with E-state index >= 15 is 0 Å². The first kappa shape index (κ1) is 12.2. The van der Waals surface area contributed by atoms with Crippen molar-refractivity contribution in [2.75, 3.05) is 5.73 Å². The summed E-state index contributed by atoms with van der Waals surface area (Å²) in [5.41, 5.74) is 8.70. The van der Waals surface area contributed by atoms with Crippen LogP contribution in [0.5, 0.6) is 0 Å². The van der Waals surface area contributed by atoms with Crippen LogP contribution in [0.2, 0.25) is 0 Å². The summed E-state index contributed by atoms with van der Waals surface area (Å²) < 4.78 is 6.14. The summed E-state index contributed by atoms with van der Waals surface area (Å²) in [5.74, 6) is 0.947. The Bertz CT molecular complexity index is 503. The van der Waals surface area contributed by atoms with E-state index in [9.17, 15) is 0 Å². The second-order valence-corrected chi connectivity index (χ2v) is 5.39. The van der Waals surface area contributed by atoms with Gasteiger partial charge in [0.25, 0.3) is 0 Å². The van der Waals surface area contributed by atoms with Gasteiger partial charge in [-0.3, -0.25) is 0 Å². The third-order valence-corrected chi connectivity index (χ3v) is 3.08. The first-order valence-electron chi connectivity index (χ1n) is 5.58. The van der Waals surface area contributed by atoms with E-state index in [0.29, 0.717) is 11.8 Å². The highest BCUT2D eigenvalue weighted by Gasteiger charge is 2.16. The van der Waals surface area contributed by atoms with E-state index in [2.05, 4.69) is 34.9 Å². The van der Waals surface area contributed by atoms with Gasteiger partial charge in [-0.1, -0.05) is 47.1 Å². The quantitative estimate of drug-likeness (QED) is 0.934. The van der Waals surface area contributed by atoms with Crippen molar-refractivity contribution < 1.29 is 4.52 Å². The predicted molar refractivity (Wildman–Crippen MR) is 72.6 cm³/mol. The maximum atomic E-state index is 5.82. The largest absolute Gasteiger partial charge is 0.367 e. The van der Waals surface area contributed by atoms with Crippen LogP contribution in [0, 0.1) is 5.92 Å². The molecule has 0 aliphatic carbocycles. The number of benzene rings is 1. The van der Waals surface area contributed by atoms with Crippen LogP contribution in [-0.4, -0.2) is 5.16 Å². The Labute approximate surface area is 109 Å². The van der Waals surface area contributed by atoms with Gasteiger partial charge in [0.1, 0.15) is 5.69 Å². The Kier molecular flexibility index (Phi) is 3.52. The Morgan fingerprint density at radius 2 is 1.94 bits per heavy atom. The minimum absolute atomic E-state index is 0.427. The number of anilines is 1. The molecule has 0 aliphatic heterocycles. The summed E-state index contributed by atoms with van der Waals surface area (Å²) in [5, 5.41) is 4.05. The lowest BCUT2D eigenvalue weighted by atomic mass is 9.99. The van der Waals surface area contributed by atoms with Crippen LogP contribution in [-0.2, 0) is 6.42 Å². The van der Waals surface area contributed by atoms with E-state index in [4.69, 9.17) is 10.3 Å². The smallest absolute Gasteiger partial charge is 0.225 e. The zero-order chi connectivity index (χ0) is 12.4. The molecule has 0 spiro atoms. The number of nitrogens with two attached hydrogens (primary N) is 1. The van der Waals surface area contributed by atoms with E-state index in [0.717, 1.165) is 27.7 Å². The van der Waals surface area contributed by atoms with Crippen LogP contribution >= 0.6 is 15.9 Å². The Morgan fingerprint density at radius 3 is 2.53 bits per heavy atom. The molecule has 4 heteroatoms. The van der Waals surface area contributed by atoms with Gasteiger partial charge in [-0.2, -0.15) is 0 Å². The lowest BCUT2D eigenvalue weighted by Crippen LogP contribution is -1.98. The molecule has 0 radical (unpaired) electrons. The van der Waals surface area contributed by atoms with Gasteiger partial charge in [-0.15, -0.1) is 0 Å². The van der Waals surface area contributed by atoms with E-state index in [1.54, 1.807) is 0 Å². The van der Waals surface area contributed by atoms with Crippen LogP contribution < -0.4 is 5.73 Å². The molecule has 2 aromatic rings. The average molecular weight is 295 g/mol. The molecule has 2 rings (SSSR count). The molecule has 0 atom stereocenters. The van der Waals surface area contributed by atoms with Gasteiger partial charge in [0, 0.05) is 15.6 Å². The first-order chi connectivity index (χ1) is 8.08. The number of nitrogens with zero attached hydrogens (tertiary/aromatic N) is 1. The van der Waals surface area contributed by atoms with Gasteiger partial charge in [-0.25, -0.2) is 0 Å². The van der Waals surface area contributed by atoms with Crippen LogP contribution in [0.15, 0.2) is 33.3 Å². The SMILES string of the molecule is CC(C)Cc1c(-c2ccc(Br)cc2)noc1N. The number of hydrogen-bond acceptors (Lipinski definition) is 3. The molecule has 1 aromatic carbocycles. The summed E-state index contributed by atoms with van der Waals surface area (Å²) in [4.78, 5) is 0. The highest BCUT2D eigenvalue weighted by molar-refractivity contribution is 9.10. The van der Waals surface area contributed by atoms with Crippen molar-refractivity contribution >= 4 is 21.8 Å². The first-order valence-corrected chi connectivity index (χ1v) is 6.37. The van der Waals surface area contributed by atoms with E-state index in [1.807, 2.05) is 24.3 Å². The number of hydrogen-bond donors (Lipinski definition) is 1. The van der Waals surface area contributed by atoms with Gasteiger partial charge in [0.05, 0.1) is 0 Å². The number of aromatic nitrogens is 1. The van der Waals surface area contributed by atoms with Crippen molar-refractivity contribution in [2.45, 2.75) is 20.3 Å². The molecule has 0 unspecified atom stereocenters. The fourth-order valence-electron chi connectivity index (χ4n) is 1.76. The van der Waals surface area contributed by atoms with E-state index in [-0.39, 0.29) is 0 Å². The van der Waals surface area contributed by atoms with Crippen molar-refractivity contribution in [2.24, 2.45) is 5.92 Å². The van der Waals surface area contributed by atoms with Crippen LogP contribution in [0.3, 0.4) is 0 Å². The van der Waals surface area contributed by atoms with Crippen molar-refractivity contribution in [1.82, 2.24) is 5.16 Å². The van der Waals surface area contributed by atoms with Gasteiger partial charge in [-0.05, 0) is 24.5 Å². The summed E-state index contributed by atoms with van der Waals surface area (Å²) in [6.45, 7) is 4.30. The van der Waals surface area contributed by atoms with Crippen LogP contribution in [0.25, 0.3) is 11.3 Å². The Hall–Kier alpha value is -1.29. The van der Waals surface area contributed by atoms with E-state index < -0.39 is 0 Å². The summed E-state index contributed by atoms with van der Waals surface area (Å²) in [6.07, 6.45) is 0.876. The van der Waals surface area contributed by atoms with Gasteiger partial charge in [0.2, 0.25) is 5.88 Å². The highest BCUT2D eigenvalue weighted by atomic mass is 79.9. The molecule has 90 valence electrons. The standard InChI is InChI=1S/C13H15BrN2O/c1-8(2)7-11-12(16-17-13(11)15)9-3-5-10(14)6-4-9/h3-6,8H,7,15H2,1-2H3. The Balaban J connectivity index is 2.41. The third kappa shape index (κ3) is 2.69. The predicted octanol–water partition coefficient (Wildman–Crippen LogP) is 3.88. The number of halogens is 1. The molecule has 0 amide bonds. The molecule has 0 fully saturated rings. The molecule has 0 bridgehead atoms. The second kappa shape index (κ2) is 4.92. The maximum Gasteiger partial charge on any atom is 0.225 e. The summed E-state index contributed by atoms with van der Waals surface area (Å²) in [6, 6.07) is 7.98. The average Bonchev–Trinajstić information content (AvgIpc) is 2.61. The molecule has 0 aliphatic rings. The monoisotopic (exact) mass is 294 g/mol. The molecule has 2 N–H and O–H groups in total. The van der Waals surface area contributed by atoms with Crippen LogP contribution in [0.4, 0.5) is 5.88 Å². The minimum Gasteiger partial charge on any atom is -0.367 e. The summed E-state index contributed by atoms with van der Waals surface area (Å²) in [7, 11) is 0. The summed E-state index contributed by atoms with van der Waals surface area (Å²) >= 11 is 3.41. The Morgan fingerprint density at radius 1 is 1.29 bits per heavy atom. The fraction of sp³-hybridized carbons (Fsp3) is 0.308. The lowest BCUT2D eigenvalue weighted by molar-refractivity contribution is 0.438. The van der Waals surface area contributed by atoms with Gasteiger partial charge in [0.15, 0.2) is 0 Å². The molecule has 1 aromatic heterocycles. The van der Waals surface area contributed by atoms with Crippen molar-refractivity contribution in [3.05, 3.63) is 34.3 Å². The number of nitrogen functional groups attached to an aromatic ring is 1. The zero-order valence-corrected chi connectivity index (χ0v) is 11.5. The zero-order valence-electron chi connectivity index (χ0n) is 9.90. The van der Waals surface area contributed by atoms with Gasteiger partial charge >= 0.3 is 0 Å². The molecular formula is C13H15BrN2O. The third-order valence-electron chi connectivity index (χ3n) is 2.55. The maximum absolute atomic E-state index is 5.82. The molecular weight excluding hydrogens is 280 g/mol. The van der Waals surface area contributed by atoms with Crippen molar-refractivity contribution in [3.63, 3.8) is 0 Å². The van der Waals surface area contributed by atoms with Crippen molar-refractivity contribution in [1.29, 1.82) is 0 Å². The normalized spacial score (nSPS) is 11.1. The van der Waals surface area contributed by atoms with Crippen molar-refractivity contribution in [3.8, 4) is 11.3 Å². The molecule has 0 saturated carbocycles. The number of rotatable bonds is 3.